The monoisotopic (exact) mass is 279 g/mol. The van der Waals surface area contributed by atoms with Crippen LogP contribution < -0.4 is 11.1 Å². The number of benzene rings is 1. The van der Waals surface area contributed by atoms with Gasteiger partial charge in [0.2, 0.25) is 5.91 Å². The molecule has 0 atom stereocenters. The highest BCUT2D eigenvalue weighted by atomic mass is 32.1. The normalized spacial score (nSPS) is 10.8. The zero-order valence-electron chi connectivity index (χ0n) is 11.0. The zero-order valence-corrected chi connectivity index (χ0v) is 11.8. The zero-order chi connectivity index (χ0) is 13.8. The van der Waals surface area contributed by atoms with E-state index in [1.165, 1.54) is 11.3 Å². The molecule has 0 bridgehead atoms. The van der Waals surface area contributed by atoms with Crippen LogP contribution in [0.5, 0.6) is 0 Å². The van der Waals surface area contributed by atoms with Gasteiger partial charge in [-0.25, -0.2) is 4.98 Å². The number of carbonyl (C=O) groups is 1. The van der Waals surface area contributed by atoms with E-state index in [0.29, 0.717) is 24.8 Å². The van der Waals surface area contributed by atoms with E-state index in [-0.39, 0.29) is 5.91 Å². The van der Waals surface area contributed by atoms with E-state index in [4.69, 9.17) is 10.5 Å². The number of nitrogens with zero attached hydrogens (tertiary/aromatic N) is 1. The molecule has 0 fully saturated rings. The molecule has 1 aromatic heterocycles. The number of aryl methyl sites for hydroxylation is 1. The minimum absolute atomic E-state index is 0.0512. The Bertz CT molecular complexity index is 595. The molecule has 0 unspecified atom stereocenters. The van der Waals surface area contributed by atoms with Crippen LogP contribution in [-0.4, -0.2) is 24.1 Å². The van der Waals surface area contributed by atoms with Crippen LogP contribution >= 0.6 is 11.3 Å². The summed E-state index contributed by atoms with van der Waals surface area (Å²) < 4.78 is 6.14. The summed E-state index contributed by atoms with van der Waals surface area (Å²) in [5.41, 5.74) is 8.37. The first-order valence-electron chi connectivity index (χ1n) is 6.14. The molecule has 0 radical (unpaired) electrons. The molecule has 0 aliphatic rings. The van der Waals surface area contributed by atoms with Crippen molar-refractivity contribution in [1.82, 2.24) is 4.98 Å². The van der Waals surface area contributed by atoms with Gasteiger partial charge < -0.3 is 15.8 Å². The Hall–Kier alpha value is -1.66. The lowest BCUT2D eigenvalue weighted by Gasteiger charge is -2.06. The second-order valence-corrected chi connectivity index (χ2v) is 5.25. The van der Waals surface area contributed by atoms with Gasteiger partial charge in [0.1, 0.15) is 0 Å². The van der Waals surface area contributed by atoms with E-state index in [1.54, 1.807) is 0 Å². The number of nitrogen functional groups attached to an aromatic ring is 1. The molecule has 1 heterocycles. The highest BCUT2D eigenvalue weighted by Gasteiger charge is 2.08. The number of amides is 1. The Morgan fingerprint density at radius 1 is 1.53 bits per heavy atom. The van der Waals surface area contributed by atoms with Crippen LogP contribution in [0.15, 0.2) is 12.1 Å². The average Bonchev–Trinajstić information content (AvgIpc) is 2.70. The second-order valence-electron chi connectivity index (χ2n) is 4.19. The van der Waals surface area contributed by atoms with Crippen LogP contribution in [0.2, 0.25) is 0 Å². The molecular weight excluding hydrogens is 262 g/mol. The van der Waals surface area contributed by atoms with E-state index < -0.39 is 0 Å². The first kappa shape index (κ1) is 13.8. The lowest BCUT2D eigenvalue weighted by atomic mass is 10.2. The fraction of sp³-hybridized carbons (Fsp3) is 0.385. The van der Waals surface area contributed by atoms with Gasteiger partial charge >= 0.3 is 0 Å². The van der Waals surface area contributed by atoms with Gasteiger partial charge in [0, 0.05) is 12.3 Å². The quantitative estimate of drug-likeness (QED) is 0.825. The molecule has 0 saturated heterocycles. The second kappa shape index (κ2) is 5.99. The number of thiazole rings is 1. The van der Waals surface area contributed by atoms with Crippen molar-refractivity contribution in [1.29, 1.82) is 0 Å². The third kappa shape index (κ3) is 3.42. The van der Waals surface area contributed by atoms with Crippen LogP contribution in [0.4, 0.5) is 10.8 Å². The Labute approximate surface area is 115 Å². The van der Waals surface area contributed by atoms with Crippen molar-refractivity contribution in [2.75, 3.05) is 24.3 Å². The SMILES string of the molecule is CCOCCC(=O)Nc1cc(C)c2nc(N)sc2c1. The van der Waals surface area contributed by atoms with Gasteiger partial charge in [0.15, 0.2) is 5.13 Å². The van der Waals surface area contributed by atoms with Crippen molar-refractivity contribution in [3.8, 4) is 0 Å². The van der Waals surface area contributed by atoms with Crippen LogP contribution in [0.3, 0.4) is 0 Å². The Morgan fingerprint density at radius 3 is 3.05 bits per heavy atom. The molecule has 102 valence electrons. The predicted molar refractivity (Wildman–Crippen MR) is 78.5 cm³/mol. The average molecular weight is 279 g/mol. The molecule has 1 aromatic carbocycles. The molecule has 5 nitrogen and oxygen atoms in total. The van der Waals surface area contributed by atoms with Crippen molar-refractivity contribution >= 4 is 38.3 Å². The van der Waals surface area contributed by atoms with Gasteiger partial charge in [-0.05, 0) is 31.5 Å². The van der Waals surface area contributed by atoms with Crippen molar-refractivity contribution < 1.29 is 9.53 Å². The highest BCUT2D eigenvalue weighted by Crippen LogP contribution is 2.29. The van der Waals surface area contributed by atoms with Crippen molar-refractivity contribution in [3.63, 3.8) is 0 Å². The summed E-state index contributed by atoms with van der Waals surface area (Å²) in [7, 11) is 0. The summed E-state index contributed by atoms with van der Waals surface area (Å²) in [6.45, 7) is 4.93. The van der Waals surface area contributed by atoms with Crippen LogP contribution in [-0.2, 0) is 9.53 Å². The molecule has 2 aromatic rings. The minimum atomic E-state index is -0.0512. The predicted octanol–water partition coefficient (Wildman–Crippen LogP) is 2.55. The molecule has 19 heavy (non-hydrogen) atoms. The third-order valence-electron chi connectivity index (χ3n) is 2.66. The Balaban J connectivity index is 2.10. The molecule has 0 saturated carbocycles. The number of hydrogen-bond acceptors (Lipinski definition) is 5. The van der Waals surface area contributed by atoms with E-state index in [1.807, 2.05) is 26.0 Å². The summed E-state index contributed by atoms with van der Waals surface area (Å²) in [5, 5.41) is 3.40. The standard InChI is InChI=1S/C13H17N3O2S/c1-3-18-5-4-11(17)15-9-6-8(2)12-10(7-9)19-13(14)16-12/h6-7H,3-5H2,1-2H3,(H2,14,16)(H,15,17). The number of hydrogen-bond donors (Lipinski definition) is 2. The number of nitrogens with two attached hydrogens (primary N) is 1. The Kier molecular flexibility index (Phi) is 4.34. The lowest BCUT2D eigenvalue weighted by Crippen LogP contribution is -2.14. The van der Waals surface area contributed by atoms with E-state index >= 15 is 0 Å². The van der Waals surface area contributed by atoms with Gasteiger partial charge in [-0.15, -0.1) is 0 Å². The van der Waals surface area contributed by atoms with Crippen LogP contribution in [0, 0.1) is 6.92 Å². The summed E-state index contributed by atoms with van der Waals surface area (Å²) in [6.07, 6.45) is 0.357. The number of ether oxygens (including phenoxy) is 1. The van der Waals surface area contributed by atoms with Gasteiger partial charge in [-0.3, -0.25) is 4.79 Å². The van der Waals surface area contributed by atoms with E-state index in [2.05, 4.69) is 10.3 Å². The van der Waals surface area contributed by atoms with E-state index in [0.717, 1.165) is 21.5 Å². The topological polar surface area (TPSA) is 77.2 Å². The first-order valence-corrected chi connectivity index (χ1v) is 6.96. The first-order chi connectivity index (χ1) is 9.10. The van der Waals surface area contributed by atoms with Gasteiger partial charge in [0.05, 0.1) is 23.2 Å². The summed E-state index contributed by atoms with van der Waals surface area (Å²) in [5.74, 6) is -0.0512. The number of anilines is 2. The molecule has 0 spiro atoms. The van der Waals surface area contributed by atoms with Crippen LogP contribution in [0.25, 0.3) is 10.2 Å². The fourth-order valence-electron chi connectivity index (χ4n) is 1.82. The number of fused-ring (bicyclic) bond motifs is 1. The van der Waals surface area contributed by atoms with Crippen molar-refractivity contribution in [2.45, 2.75) is 20.3 Å². The molecular formula is C13H17N3O2S. The summed E-state index contributed by atoms with van der Waals surface area (Å²) >= 11 is 1.42. The van der Waals surface area contributed by atoms with Crippen LogP contribution in [0.1, 0.15) is 18.9 Å². The third-order valence-corrected chi connectivity index (χ3v) is 3.49. The van der Waals surface area contributed by atoms with Gasteiger partial charge in [-0.2, -0.15) is 0 Å². The maximum absolute atomic E-state index is 11.7. The van der Waals surface area contributed by atoms with Crippen molar-refractivity contribution in [2.24, 2.45) is 0 Å². The van der Waals surface area contributed by atoms with E-state index in [9.17, 15) is 4.79 Å². The molecule has 0 aliphatic carbocycles. The molecule has 1 amide bonds. The van der Waals surface area contributed by atoms with Gasteiger partial charge in [-0.1, -0.05) is 11.3 Å². The summed E-state index contributed by atoms with van der Waals surface area (Å²) in [6, 6.07) is 3.80. The molecule has 0 aliphatic heterocycles. The molecule has 2 rings (SSSR count). The minimum Gasteiger partial charge on any atom is -0.381 e. The number of nitrogens with one attached hydrogen (secondary N) is 1. The number of carbonyl (C=O) groups excluding carboxylic acids is 1. The molecule has 6 heteroatoms. The maximum Gasteiger partial charge on any atom is 0.226 e. The number of rotatable bonds is 5. The largest absolute Gasteiger partial charge is 0.381 e. The maximum atomic E-state index is 11.7. The number of aromatic nitrogens is 1. The summed E-state index contributed by atoms with van der Waals surface area (Å²) in [4.78, 5) is 16.0. The molecule has 3 N–H and O–H groups in total. The van der Waals surface area contributed by atoms with Gasteiger partial charge in [0.25, 0.3) is 0 Å². The smallest absolute Gasteiger partial charge is 0.226 e. The lowest BCUT2D eigenvalue weighted by molar-refractivity contribution is -0.117. The Morgan fingerprint density at radius 2 is 2.32 bits per heavy atom. The highest BCUT2D eigenvalue weighted by molar-refractivity contribution is 7.22. The van der Waals surface area contributed by atoms with Crippen molar-refractivity contribution in [3.05, 3.63) is 17.7 Å². The fourth-order valence-corrected chi connectivity index (χ4v) is 2.67.